The van der Waals surface area contributed by atoms with E-state index >= 15 is 0 Å². The van der Waals surface area contributed by atoms with E-state index < -0.39 is 5.60 Å². The third-order valence-corrected chi connectivity index (χ3v) is 5.18. The summed E-state index contributed by atoms with van der Waals surface area (Å²) in [4.78, 5) is 20.7. The Kier molecular flexibility index (Phi) is 5.86. The average Bonchev–Trinajstić information content (AvgIpc) is 2.61. The van der Waals surface area contributed by atoms with E-state index in [1.165, 1.54) is 11.1 Å². The molecule has 148 valence electrons. The zero-order valence-electron chi connectivity index (χ0n) is 17.1. The maximum atomic E-state index is 12.3. The smallest absolute Gasteiger partial charge is 0.410 e. The Hall–Kier alpha value is -1.92. The van der Waals surface area contributed by atoms with Crippen LogP contribution in [0.1, 0.15) is 43.6 Å². The van der Waals surface area contributed by atoms with Gasteiger partial charge in [0, 0.05) is 39.4 Å². The van der Waals surface area contributed by atoms with Crippen molar-refractivity contribution in [2.45, 2.75) is 45.4 Å². The van der Waals surface area contributed by atoms with Crippen molar-refractivity contribution in [3.63, 3.8) is 0 Å². The standard InChI is InChI=1S/C21H31N3O3/c1-15-16(11-22-5)7-6-8-18(15)19-13-23-9-10-24(12-17(23)14-26-19)20(25)27-21(2,3)4/h6-8,11,17,19H,9-10,12-14H2,1-5H3/t17-,19+/m1/s1. The minimum atomic E-state index is -0.466. The molecule has 0 unspecified atom stereocenters. The van der Waals surface area contributed by atoms with Crippen LogP contribution in [0.5, 0.6) is 0 Å². The van der Waals surface area contributed by atoms with Crippen molar-refractivity contribution in [2.75, 3.05) is 39.8 Å². The van der Waals surface area contributed by atoms with Crippen molar-refractivity contribution in [2.24, 2.45) is 4.99 Å². The second-order valence-corrected chi connectivity index (χ2v) is 8.35. The van der Waals surface area contributed by atoms with Crippen molar-refractivity contribution in [3.05, 3.63) is 34.9 Å². The first kappa shape index (κ1) is 19.8. The summed E-state index contributed by atoms with van der Waals surface area (Å²) in [5.41, 5.74) is 3.11. The zero-order valence-corrected chi connectivity index (χ0v) is 17.1. The molecule has 0 aromatic heterocycles. The van der Waals surface area contributed by atoms with Gasteiger partial charge in [-0.1, -0.05) is 18.2 Å². The third kappa shape index (κ3) is 4.68. The maximum Gasteiger partial charge on any atom is 0.410 e. The van der Waals surface area contributed by atoms with Crippen LogP contribution in [0.15, 0.2) is 23.2 Å². The van der Waals surface area contributed by atoms with Crippen molar-refractivity contribution in [1.29, 1.82) is 0 Å². The summed E-state index contributed by atoms with van der Waals surface area (Å²) in [5.74, 6) is 0. The van der Waals surface area contributed by atoms with E-state index in [1.807, 2.05) is 27.0 Å². The first-order valence-corrected chi connectivity index (χ1v) is 9.63. The molecule has 27 heavy (non-hydrogen) atoms. The predicted octanol–water partition coefficient (Wildman–Crippen LogP) is 3.04. The summed E-state index contributed by atoms with van der Waals surface area (Å²) >= 11 is 0. The molecule has 0 saturated carbocycles. The summed E-state index contributed by atoms with van der Waals surface area (Å²) in [6.07, 6.45) is 1.72. The van der Waals surface area contributed by atoms with Crippen LogP contribution in [0.3, 0.4) is 0 Å². The molecule has 0 N–H and O–H groups in total. The molecule has 6 heteroatoms. The number of morpholine rings is 1. The number of benzene rings is 1. The second-order valence-electron chi connectivity index (χ2n) is 8.35. The molecule has 6 nitrogen and oxygen atoms in total. The fourth-order valence-corrected chi connectivity index (χ4v) is 3.76. The number of nitrogens with zero attached hydrogens (tertiary/aromatic N) is 3. The lowest BCUT2D eigenvalue weighted by atomic mass is 9.96. The largest absolute Gasteiger partial charge is 0.444 e. The fraction of sp³-hybridized carbons (Fsp3) is 0.619. The van der Waals surface area contributed by atoms with Crippen molar-refractivity contribution in [1.82, 2.24) is 9.80 Å². The van der Waals surface area contributed by atoms with Gasteiger partial charge in [-0.2, -0.15) is 0 Å². The van der Waals surface area contributed by atoms with Gasteiger partial charge in [-0.3, -0.25) is 9.89 Å². The molecule has 1 aromatic rings. The summed E-state index contributed by atoms with van der Waals surface area (Å²) in [6, 6.07) is 6.51. The highest BCUT2D eigenvalue weighted by Gasteiger charge is 2.37. The molecule has 3 rings (SSSR count). The highest BCUT2D eigenvalue weighted by Crippen LogP contribution is 2.30. The van der Waals surface area contributed by atoms with Crippen LogP contribution >= 0.6 is 0 Å². The monoisotopic (exact) mass is 373 g/mol. The van der Waals surface area contributed by atoms with E-state index in [1.54, 1.807) is 11.9 Å². The van der Waals surface area contributed by atoms with Gasteiger partial charge in [0.1, 0.15) is 5.60 Å². The van der Waals surface area contributed by atoms with E-state index in [4.69, 9.17) is 9.47 Å². The van der Waals surface area contributed by atoms with Crippen LogP contribution in [0.25, 0.3) is 0 Å². The van der Waals surface area contributed by atoms with E-state index in [0.717, 1.165) is 18.7 Å². The molecule has 2 saturated heterocycles. The second kappa shape index (κ2) is 7.98. The quantitative estimate of drug-likeness (QED) is 0.748. The van der Waals surface area contributed by atoms with Gasteiger partial charge in [0.25, 0.3) is 0 Å². The van der Waals surface area contributed by atoms with Gasteiger partial charge < -0.3 is 14.4 Å². The number of carbonyl (C=O) groups is 1. The minimum absolute atomic E-state index is 0.0551. The lowest BCUT2D eigenvalue weighted by Gasteiger charge is -2.46. The van der Waals surface area contributed by atoms with Gasteiger partial charge in [-0.25, -0.2) is 4.79 Å². The first-order chi connectivity index (χ1) is 12.8. The molecular weight excluding hydrogens is 342 g/mol. The highest BCUT2D eigenvalue weighted by atomic mass is 16.6. The molecular formula is C21H31N3O3. The number of fused-ring (bicyclic) bond motifs is 1. The number of carbonyl (C=O) groups excluding carboxylic acids is 1. The summed E-state index contributed by atoms with van der Waals surface area (Å²) in [5, 5.41) is 0. The molecule has 0 bridgehead atoms. The average molecular weight is 373 g/mol. The van der Waals surface area contributed by atoms with Crippen molar-refractivity contribution >= 4 is 12.3 Å². The predicted molar refractivity (Wildman–Crippen MR) is 107 cm³/mol. The molecule has 2 aliphatic rings. The molecule has 0 aliphatic carbocycles. The van der Waals surface area contributed by atoms with Crippen LogP contribution < -0.4 is 0 Å². The number of hydrogen-bond acceptors (Lipinski definition) is 5. The Morgan fingerprint density at radius 2 is 2.07 bits per heavy atom. The topological polar surface area (TPSA) is 54.4 Å². The Bertz CT molecular complexity index is 711. The third-order valence-electron chi connectivity index (χ3n) is 5.18. The molecule has 0 spiro atoms. The Morgan fingerprint density at radius 3 is 2.78 bits per heavy atom. The zero-order chi connectivity index (χ0) is 19.6. The minimum Gasteiger partial charge on any atom is -0.444 e. The Labute approximate surface area is 162 Å². The lowest BCUT2D eigenvalue weighted by Crippen LogP contribution is -2.60. The number of piperazine rings is 1. The van der Waals surface area contributed by atoms with Gasteiger partial charge in [0.15, 0.2) is 0 Å². The molecule has 2 atom stereocenters. The van der Waals surface area contributed by atoms with Crippen molar-refractivity contribution < 1.29 is 14.3 Å². The molecule has 1 amide bonds. The van der Waals surface area contributed by atoms with Gasteiger partial charge in [0.05, 0.1) is 18.8 Å². The fourth-order valence-electron chi connectivity index (χ4n) is 3.76. The molecule has 0 radical (unpaired) electrons. The van der Waals surface area contributed by atoms with Gasteiger partial charge in [0.2, 0.25) is 0 Å². The first-order valence-electron chi connectivity index (χ1n) is 9.63. The lowest BCUT2D eigenvalue weighted by molar-refractivity contribution is -0.0908. The Morgan fingerprint density at radius 1 is 1.30 bits per heavy atom. The molecule has 2 aliphatic heterocycles. The summed E-state index contributed by atoms with van der Waals surface area (Å²) < 4.78 is 11.7. The number of aliphatic imine (C=N–C) groups is 1. The number of ether oxygens (including phenoxy) is 2. The highest BCUT2D eigenvalue weighted by molar-refractivity contribution is 5.82. The normalized spacial score (nSPS) is 24.1. The number of amides is 1. The van der Waals surface area contributed by atoms with Crippen LogP contribution in [0.2, 0.25) is 0 Å². The number of hydrogen-bond donors (Lipinski definition) is 0. The van der Waals surface area contributed by atoms with Gasteiger partial charge in [-0.05, 0) is 44.4 Å². The maximum absolute atomic E-state index is 12.3. The molecule has 2 fully saturated rings. The van der Waals surface area contributed by atoms with E-state index in [-0.39, 0.29) is 18.2 Å². The summed E-state index contributed by atoms with van der Waals surface area (Å²) in [7, 11) is 1.79. The molecule has 2 heterocycles. The van der Waals surface area contributed by atoms with E-state index in [2.05, 4.69) is 35.0 Å². The van der Waals surface area contributed by atoms with Gasteiger partial charge in [-0.15, -0.1) is 0 Å². The SMILES string of the molecule is CN=Cc1cccc([C@@H]2CN3CCN(C(=O)OC(C)(C)C)C[C@@H]3CO2)c1C. The molecule has 1 aromatic carbocycles. The van der Waals surface area contributed by atoms with Crippen LogP contribution in [0.4, 0.5) is 4.79 Å². The number of rotatable bonds is 2. The van der Waals surface area contributed by atoms with Crippen LogP contribution in [-0.4, -0.2) is 73.6 Å². The van der Waals surface area contributed by atoms with Crippen molar-refractivity contribution in [3.8, 4) is 0 Å². The van der Waals surface area contributed by atoms with Crippen LogP contribution in [-0.2, 0) is 9.47 Å². The van der Waals surface area contributed by atoms with E-state index in [0.29, 0.717) is 19.7 Å². The van der Waals surface area contributed by atoms with E-state index in [9.17, 15) is 4.79 Å². The Balaban J connectivity index is 1.65. The summed E-state index contributed by atoms with van der Waals surface area (Å²) in [6.45, 7) is 11.5. The van der Waals surface area contributed by atoms with Crippen LogP contribution in [0, 0.1) is 6.92 Å². The van der Waals surface area contributed by atoms with Gasteiger partial charge >= 0.3 is 6.09 Å².